The van der Waals surface area contributed by atoms with Gasteiger partial charge in [0.15, 0.2) is 0 Å². The molecule has 2 heterocycles. The summed E-state index contributed by atoms with van der Waals surface area (Å²) in [6.45, 7) is 0.866. The number of nitrogens with one attached hydrogen (secondary N) is 1. The quantitative estimate of drug-likeness (QED) is 0.827. The molecule has 2 aliphatic heterocycles. The zero-order valence-electron chi connectivity index (χ0n) is 14.4. The van der Waals surface area contributed by atoms with Crippen LogP contribution in [0.4, 0.5) is 0 Å². The standard InChI is InChI=1S/C20H27BrN2O/c1-23(13-20(8-9-20)15-2-4-16(21)5-3-15)19(24)12-14-10-17-6-7-18(11-14)22-17/h2-5,14,17-18,22H,6-13H2,1H3. The van der Waals surface area contributed by atoms with Crippen LogP contribution >= 0.6 is 15.9 Å². The maximum Gasteiger partial charge on any atom is 0.222 e. The van der Waals surface area contributed by atoms with Gasteiger partial charge in [0.1, 0.15) is 0 Å². The van der Waals surface area contributed by atoms with Crippen molar-refractivity contribution in [2.45, 2.75) is 62.4 Å². The van der Waals surface area contributed by atoms with Crippen LogP contribution in [0.2, 0.25) is 0 Å². The molecule has 1 aromatic carbocycles. The molecule has 2 atom stereocenters. The van der Waals surface area contributed by atoms with Gasteiger partial charge in [-0.3, -0.25) is 4.79 Å². The first kappa shape index (κ1) is 16.6. The normalized spacial score (nSPS) is 30.2. The summed E-state index contributed by atoms with van der Waals surface area (Å²) < 4.78 is 1.12. The largest absolute Gasteiger partial charge is 0.345 e. The predicted molar refractivity (Wildman–Crippen MR) is 100.0 cm³/mol. The van der Waals surface area contributed by atoms with Gasteiger partial charge in [0.25, 0.3) is 0 Å². The summed E-state index contributed by atoms with van der Waals surface area (Å²) in [5, 5.41) is 3.67. The Morgan fingerprint density at radius 1 is 1.21 bits per heavy atom. The summed E-state index contributed by atoms with van der Waals surface area (Å²) in [4.78, 5) is 14.7. The van der Waals surface area contributed by atoms with E-state index in [2.05, 4.69) is 45.5 Å². The number of hydrogen-bond donors (Lipinski definition) is 1. The minimum Gasteiger partial charge on any atom is -0.345 e. The van der Waals surface area contributed by atoms with Crippen LogP contribution in [0, 0.1) is 5.92 Å². The summed E-state index contributed by atoms with van der Waals surface area (Å²) in [7, 11) is 2.00. The van der Waals surface area contributed by atoms with Gasteiger partial charge in [-0.1, -0.05) is 28.1 Å². The van der Waals surface area contributed by atoms with E-state index in [0.717, 1.165) is 17.4 Å². The van der Waals surface area contributed by atoms with Crippen LogP contribution in [0.15, 0.2) is 28.7 Å². The molecule has 1 aromatic rings. The number of carbonyl (C=O) groups is 1. The number of amides is 1. The van der Waals surface area contributed by atoms with Crippen molar-refractivity contribution < 1.29 is 4.79 Å². The number of carbonyl (C=O) groups excluding carboxylic acids is 1. The number of halogens is 1. The van der Waals surface area contributed by atoms with Crippen LogP contribution < -0.4 is 5.32 Å². The van der Waals surface area contributed by atoms with Crippen molar-refractivity contribution in [3.8, 4) is 0 Å². The Kier molecular flexibility index (Phi) is 4.46. The smallest absolute Gasteiger partial charge is 0.222 e. The molecule has 3 fully saturated rings. The molecule has 4 rings (SSSR count). The molecule has 0 aromatic heterocycles. The van der Waals surface area contributed by atoms with Crippen molar-refractivity contribution in [3.05, 3.63) is 34.3 Å². The van der Waals surface area contributed by atoms with Gasteiger partial charge in [-0.25, -0.2) is 0 Å². The highest BCUT2D eigenvalue weighted by Gasteiger charge is 2.45. The van der Waals surface area contributed by atoms with Crippen molar-refractivity contribution in [2.75, 3.05) is 13.6 Å². The highest BCUT2D eigenvalue weighted by Crippen LogP contribution is 2.49. The lowest BCUT2D eigenvalue weighted by atomic mass is 9.89. The Morgan fingerprint density at radius 2 is 1.83 bits per heavy atom. The Bertz CT molecular complexity index is 599. The Balaban J connectivity index is 1.34. The van der Waals surface area contributed by atoms with Crippen LogP contribution in [0.1, 0.15) is 50.5 Å². The third-order valence-electron chi connectivity index (χ3n) is 6.31. The van der Waals surface area contributed by atoms with E-state index >= 15 is 0 Å². The number of nitrogens with zero attached hydrogens (tertiary/aromatic N) is 1. The molecular formula is C20H27BrN2O. The highest BCUT2D eigenvalue weighted by atomic mass is 79.9. The molecule has 0 radical (unpaired) electrons. The summed E-state index contributed by atoms with van der Waals surface area (Å²) in [6, 6.07) is 9.98. The topological polar surface area (TPSA) is 32.3 Å². The SMILES string of the molecule is CN(CC1(c2ccc(Br)cc2)CC1)C(=O)CC1CC2CCC(C1)N2. The molecule has 2 bridgehead atoms. The first-order valence-electron chi connectivity index (χ1n) is 9.30. The number of benzene rings is 1. The fourth-order valence-corrected chi connectivity index (χ4v) is 5.04. The summed E-state index contributed by atoms with van der Waals surface area (Å²) in [6.07, 6.45) is 8.12. The molecule has 2 saturated heterocycles. The van der Waals surface area contributed by atoms with Gasteiger partial charge >= 0.3 is 0 Å². The third-order valence-corrected chi connectivity index (χ3v) is 6.84. The van der Waals surface area contributed by atoms with Gasteiger partial charge in [-0.15, -0.1) is 0 Å². The van der Waals surface area contributed by atoms with Crippen molar-refractivity contribution in [1.82, 2.24) is 10.2 Å². The van der Waals surface area contributed by atoms with E-state index in [1.54, 1.807) is 0 Å². The van der Waals surface area contributed by atoms with Gasteiger partial charge < -0.3 is 10.2 Å². The molecule has 0 spiro atoms. The molecule has 1 amide bonds. The molecule has 3 nitrogen and oxygen atoms in total. The van der Waals surface area contributed by atoms with Crippen LogP contribution in [-0.2, 0) is 10.2 Å². The minimum absolute atomic E-state index is 0.207. The number of rotatable bonds is 5. The van der Waals surface area contributed by atoms with E-state index in [1.807, 2.05) is 11.9 Å². The summed E-state index contributed by atoms with van der Waals surface area (Å²) in [5.41, 5.74) is 1.59. The molecule has 1 saturated carbocycles. The highest BCUT2D eigenvalue weighted by molar-refractivity contribution is 9.10. The van der Waals surface area contributed by atoms with Gasteiger partial charge in [-0.2, -0.15) is 0 Å². The molecule has 3 aliphatic rings. The monoisotopic (exact) mass is 390 g/mol. The fraction of sp³-hybridized carbons (Fsp3) is 0.650. The first-order valence-corrected chi connectivity index (χ1v) is 10.1. The Morgan fingerprint density at radius 3 is 2.42 bits per heavy atom. The molecule has 4 heteroatoms. The maximum atomic E-state index is 12.7. The van der Waals surface area contributed by atoms with Crippen LogP contribution in [-0.4, -0.2) is 36.5 Å². The van der Waals surface area contributed by atoms with Gasteiger partial charge in [0.2, 0.25) is 5.91 Å². The van der Waals surface area contributed by atoms with Gasteiger partial charge in [0.05, 0.1) is 0 Å². The molecule has 2 unspecified atom stereocenters. The molecule has 130 valence electrons. The minimum atomic E-state index is 0.207. The average molecular weight is 391 g/mol. The molecule has 1 N–H and O–H groups in total. The lowest BCUT2D eigenvalue weighted by Gasteiger charge is -2.31. The van der Waals surface area contributed by atoms with E-state index < -0.39 is 0 Å². The first-order chi connectivity index (χ1) is 11.5. The Labute approximate surface area is 153 Å². The summed E-state index contributed by atoms with van der Waals surface area (Å²) in [5.74, 6) is 0.922. The zero-order valence-corrected chi connectivity index (χ0v) is 16.0. The molecule has 24 heavy (non-hydrogen) atoms. The van der Waals surface area contributed by atoms with Gasteiger partial charge in [-0.05, 0) is 62.1 Å². The average Bonchev–Trinajstić information content (AvgIpc) is 3.26. The number of piperidine rings is 1. The van der Waals surface area contributed by atoms with Crippen molar-refractivity contribution in [2.24, 2.45) is 5.92 Å². The van der Waals surface area contributed by atoms with E-state index in [1.165, 1.54) is 44.1 Å². The second-order valence-electron chi connectivity index (χ2n) is 8.22. The van der Waals surface area contributed by atoms with E-state index in [-0.39, 0.29) is 5.41 Å². The molecular weight excluding hydrogens is 364 g/mol. The second-order valence-corrected chi connectivity index (χ2v) is 9.13. The Hall–Kier alpha value is -0.870. The zero-order chi connectivity index (χ0) is 16.7. The maximum absolute atomic E-state index is 12.7. The number of likely N-dealkylation sites (N-methyl/N-ethyl adjacent to an activating group) is 1. The lowest BCUT2D eigenvalue weighted by molar-refractivity contribution is -0.131. The van der Waals surface area contributed by atoms with Crippen molar-refractivity contribution in [1.29, 1.82) is 0 Å². The van der Waals surface area contributed by atoms with Crippen molar-refractivity contribution in [3.63, 3.8) is 0 Å². The van der Waals surface area contributed by atoms with E-state index in [4.69, 9.17) is 0 Å². The van der Waals surface area contributed by atoms with E-state index in [9.17, 15) is 4.79 Å². The second kappa shape index (κ2) is 6.45. The van der Waals surface area contributed by atoms with Crippen LogP contribution in [0.5, 0.6) is 0 Å². The lowest BCUT2D eigenvalue weighted by Crippen LogP contribution is -2.41. The summed E-state index contributed by atoms with van der Waals surface area (Å²) >= 11 is 3.51. The van der Waals surface area contributed by atoms with Gasteiger partial charge in [0, 0.05) is 42.0 Å². The fourth-order valence-electron chi connectivity index (χ4n) is 4.78. The van der Waals surface area contributed by atoms with E-state index in [0.29, 0.717) is 23.9 Å². The number of fused-ring (bicyclic) bond motifs is 2. The number of hydrogen-bond acceptors (Lipinski definition) is 2. The van der Waals surface area contributed by atoms with Crippen LogP contribution in [0.3, 0.4) is 0 Å². The predicted octanol–water partition coefficient (Wildman–Crippen LogP) is 3.86. The van der Waals surface area contributed by atoms with Crippen LogP contribution in [0.25, 0.3) is 0 Å². The van der Waals surface area contributed by atoms with Crippen molar-refractivity contribution >= 4 is 21.8 Å². The third kappa shape index (κ3) is 3.41. The molecule has 1 aliphatic carbocycles.